The second-order valence-corrected chi connectivity index (χ2v) is 2.36. The van der Waals surface area contributed by atoms with Gasteiger partial charge in [0.25, 0.3) is 0 Å². The fourth-order valence-corrected chi connectivity index (χ4v) is 1.03. The van der Waals surface area contributed by atoms with Gasteiger partial charge in [-0.25, -0.2) is 0 Å². The zero-order chi connectivity index (χ0) is 9.10. The third kappa shape index (κ3) is 1.31. The van der Waals surface area contributed by atoms with Crippen molar-refractivity contribution in [3.8, 4) is 11.4 Å². The van der Waals surface area contributed by atoms with Gasteiger partial charge in [-0.2, -0.15) is 4.98 Å². The van der Waals surface area contributed by atoms with Gasteiger partial charge in [-0.05, 0) is 17.3 Å². The van der Waals surface area contributed by atoms with Crippen LogP contribution in [0.5, 0.6) is 0 Å². The van der Waals surface area contributed by atoms with E-state index in [1.165, 1.54) is 6.39 Å². The minimum atomic E-state index is 0.309. The number of nitroso groups, excluding NO2 is 1. The number of hydrogen-bond acceptors (Lipinski definition) is 5. The Morgan fingerprint density at radius 1 is 1.31 bits per heavy atom. The summed E-state index contributed by atoms with van der Waals surface area (Å²) in [5.41, 5.74) is 0.884. The number of rotatable bonds is 2. The monoisotopic (exact) mass is 175 g/mol. The summed E-state index contributed by atoms with van der Waals surface area (Å²) in [6.45, 7) is 0. The lowest BCUT2D eigenvalue weighted by atomic mass is 10.2. The van der Waals surface area contributed by atoms with Gasteiger partial charge in [0, 0.05) is 0 Å². The molecule has 2 aromatic rings. The Bertz CT molecular complexity index is 411. The smallest absolute Gasteiger partial charge is 0.214 e. The molecule has 0 aliphatic heterocycles. The molecule has 0 unspecified atom stereocenters. The molecular weight excluding hydrogens is 170 g/mol. The fourth-order valence-electron chi connectivity index (χ4n) is 1.03. The van der Waals surface area contributed by atoms with Crippen LogP contribution in [0.2, 0.25) is 0 Å². The van der Waals surface area contributed by atoms with E-state index in [4.69, 9.17) is 0 Å². The second kappa shape index (κ2) is 3.14. The molecule has 0 aliphatic carbocycles. The van der Waals surface area contributed by atoms with Crippen molar-refractivity contribution in [2.45, 2.75) is 0 Å². The lowest BCUT2D eigenvalue weighted by Gasteiger charge is -1.95. The molecule has 0 aliphatic rings. The molecule has 0 fully saturated rings. The number of nitrogens with zero attached hydrogens (tertiary/aromatic N) is 3. The van der Waals surface area contributed by atoms with Crippen LogP contribution in [-0.4, -0.2) is 10.1 Å². The maximum absolute atomic E-state index is 10.4. The first-order valence-corrected chi connectivity index (χ1v) is 3.61. The summed E-state index contributed by atoms with van der Waals surface area (Å²) in [5.74, 6) is 0.371. The number of hydrogen-bond donors (Lipinski definition) is 0. The van der Waals surface area contributed by atoms with Crippen LogP contribution in [0.4, 0.5) is 5.69 Å². The Morgan fingerprint density at radius 3 is 2.85 bits per heavy atom. The summed E-state index contributed by atoms with van der Waals surface area (Å²) < 4.78 is 4.56. The van der Waals surface area contributed by atoms with Crippen molar-refractivity contribution in [2.24, 2.45) is 5.18 Å². The van der Waals surface area contributed by atoms with E-state index >= 15 is 0 Å². The summed E-state index contributed by atoms with van der Waals surface area (Å²) in [5, 5.41) is 6.46. The van der Waals surface area contributed by atoms with Gasteiger partial charge in [0.15, 0.2) is 0 Å². The van der Waals surface area contributed by atoms with E-state index in [2.05, 4.69) is 19.8 Å². The van der Waals surface area contributed by atoms with Crippen molar-refractivity contribution in [1.29, 1.82) is 0 Å². The highest BCUT2D eigenvalue weighted by molar-refractivity contribution is 5.69. The van der Waals surface area contributed by atoms with E-state index < -0.39 is 0 Å². The molecule has 0 atom stereocenters. The van der Waals surface area contributed by atoms with Gasteiger partial charge in [0.2, 0.25) is 12.2 Å². The van der Waals surface area contributed by atoms with E-state index in [9.17, 15) is 4.91 Å². The molecule has 0 radical (unpaired) electrons. The minimum absolute atomic E-state index is 0.309. The van der Waals surface area contributed by atoms with Crippen molar-refractivity contribution in [1.82, 2.24) is 10.1 Å². The van der Waals surface area contributed by atoms with Crippen LogP contribution in [0.3, 0.4) is 0 Å². The first-order chi connectivity index (χ1) is 6.42. The Morgan fingerprint density at radius 2 is 2.15 bits per heavy atom. The normalized spacial score (nSPS) is 9.85. The Balaban J connectivity index is 2.57. The molecular formula is C8H5N3O2. The molecule has 0 N–H and O–H groups in total. The van der Waals surface area contributed by atoms with Crippen LogP contribution in [0.15, 0.2) is 40.4 Å². The van der Waals surface area contributed by atoms with E-state index in [0.29, 0.717) is 17.1 Å². The Kier molecular flexibility index (Phi) is 1.84. The van der Waals surface area contributed by atoms with Crippen LogP contribution in [0, 0.1) is 4.91 Å². The highest BCUT2D eigenvalue weighted by Gasteiger charge is 2.08. The predicted molar refractivity (Wildman–Crippen MR) is 45.2 cm³/mol. The Hall–Kier alpha value is -2.04. The van der Waals surface area contributed by atoms with Crippen LogP contribution >= 0.6 is 0 Å². The largest absolute Gasteiger partial charge is 0.342 e. The maximum atomic E-state index is 10.4. The first-order valence-electron chi connectivity index (χ1n) is 3.61. The van der Waals surface area contributed by atoms with Crippen molar-refractivity contribution < 1.29 is 4.52 Å². The second-order valence-electron chi connectivity index (χ2n) is 2.36. The van der Waals surface area contributed by atoms with Crippen LogP contribution in [0.1, 0.15) is 0 Å². The average Bonchev–Trinajstić information content (AvgIpc) is 2.70. The summed E-state index contributed by atoms with van der Waals surface area (Å²) in [6.07, 6.45) is 1.21. The zero-order valence-corrected chi connectivity index (χ0v) is 6.54. The van der Waals surface area contributed by atoms with E-state index in [1.54, 1.807) is 24.3 Å². The van der Waals surface area contributed by atoms with Gasteiger partial charge in [0.05, 0.1) is 5.56 Å². The maximum Gasteiger partial charge on any atom is 0.214 e. The van der Waals surface area contributed by atoms with Gasteiger partial charge in [-0.1, -0.05) is 17.3 Å². The lowest BCUT2D eigenvalue weighted by molar-refractivity contribution is 0.419. The summed E-state index contributed by atoms with van der Waals surface area (Å²) in [7, 11) is 0. The van der Waals surface area contributed by atoms with Crippen LogP contribution in [0.25, 0.3) is 11.4 Å². The van der Waals surface area contributed by atoms with Gasteiger partial charge in [-0.3, -0.25) is 0 Å². The van der Waals surface area contributed by atoms with Crippen LogP contribution in [-0.2, 0) is 0 Å². The predicted octanol–water partition coefficient (Wildman–Crippen LogP) is 2.13. The average molecular weight is 175 g/mol. The highest BCUT2D eigenvalue weighted by atomic mass is 16.5. The summed E-state index contributed by atoms with van der Waals surface area (Å²) >= 11 is 0. The lowest BCUT2D eigenvalue weighted by Crippen LogP contribution is -1.79. The topological polar surface area (TPSA) is 68.3 Å². The number of benzene rings is 1. The van der Waals surface area contributed by atoms with Crippen molar-refractivity contribution in [3.05, 3.63) is 35.6 Å². The molecule has 13 heavy (non-hydrogen) atoms. The number of aromatic nitrogens is 2. The molecule has 1 aromatic heterocycles. The first kappa shape index (κ1) is 7.60. The van der Waals surface area contributed by atoms with Crippen molar-refractivity contribution in [2.75, 3.05) is 0 Å². The molecule has 5 heteroatoms. The quantitative estimate of drug-likeness (QED) is 0.655. The molecule has 5 nitrogen and oxygen atoms in total. The van der Waals surface area contributed by atoms with Gasteiger partial charge >= 0.3 is 0 Å². The summed E-state index contributed by atoms with van der Waals surface area (Å²) in [6, 6.07) is 6.81. The standard InChI is InChI=1S/C8H5N3O2/c12-10-7-4-2-1-3-6(7)8-9-5-13-11-8/h1-5H. The molecule has 1 aromatic carbocycles. The third-order valence-corrected chi connectivity index (χ3v) is 1.60. The molecule has 0 amide bonds. The molecule has 0 saturated carbocycles. The molecule has 0 spiro atoms. The SMILES string of the molecule is O=Nc1ccccc1-c1ncon1. The van der Waals surface area contributed by atoms with Crippen LogP contribution < -0.4 is 0 Å². The van der Waals surface area contributed by atoms with Gasteiger partial charge in [-0.15, -0.1) is 4.91 Å². The molecule has 64 valence electrons. The Labute approximate surface area is 73.4 Å². The highest BCUT2D eigenvalue weighted by Crippen LogP contribution is 2.26. The van der Waals surface area contributed by atoms with E-state index in [-0.39, 0.29) is 0 Å². The molecule has 0 saturated heterocycles. The van der Waals surface area contributed by atoms with Gasteiger partial charge < -0.3 is 4.52 Å². The molecule has 2 rings (SSSR count). The van der Waals surface area contributed by atoms with E-state index in [0.717, 1.165) is 0 Å². The molecule has 0 bridgehead atoms. The third-order valence-electron chi connectivity index (χ3n) is 1.60. The summed E-state index contributed by atoms with van der Waals surface area (Å²) in [4.78, 5) is 14.2. The van der Waals surface area contributed by atoms with Crippen molar-refractivity contribution in [3.63, 3.8) is 0 Å². The van der Waals surface area contributed by atoms with Gasteiger partial charge in [0.1, 0.15) is 5.69 Å². The van der Waals surface area contributed by atoms with E-state index in [1.807, 2.05) is 0 Å². The molecule has 1 heterocycles. The zero-order valence-electron chi connectivity index (χ0n) is 6.54. The fraction of sp³-hybridized carbons (Fsp3) is 0. The minimum Gasteiger partial charge on any atom is -0.342 e. The van der Waals surface area contributed by atoms with Crippen molar-refractivity contribution >= 4 is 5.69 Å².